The first-order valence-electron chi connectivity index (χ1n) is 9.39. The summed E-state index contributed by atoms with van der Waals surface area (Å²) in [6, 6.07) is 17.7. The van der Waals surface area contributed by atoms with Gasteiger partial charge >= 0.3 is 0 Å². The van der Waals surface area contributed by atoms with Gasteiger partial charge in [0, 0.05) is 18.4 Å². The molecule has 3 aromatic rings. The average Bonchev–Trinajstić information content (AvgIpc) is 2.69. The number of nitrogens with one attached hydrogen (secondary N) is 1. The van der Waals surface area contributed by atoms with Gasteiger partial charge in [0.2, 0.25) is 5.91 Å². The zero-order valence-corrected chi connectivity index (χ0v) is 16.5. The SMILES string of the molecule is COc1ccc(-c2cnc(NC(=O)CC(C)C)c(Cc3ccccc3)n2)cc1. The Morgan fingerprint density at radius 3 is 2.43 bits per heavy atom. The maximum absolute atomic E-state index is 12.3. The van der Waals surface area contributed by atoms with E-state index in [1.54, 1.807) is 13.3 Å². The van der Waals surface area contributed by atoms with E-state index in [4.69, 9.17) is 9.72 Å². The molecule has 5 heteroatoms. The molecule has 28 heavy (non-hydrogen) atoms. The summed E-state index contributed by atoms with van der Waals surface area (Å²) in [4.78, 5) is 21.6. The van der Waals surface area contributed by atoms with Gasteiger partial charge in [0.1, 0.15) is 5.75 Å². The average molecular weight is 375 g/mol. The van der Waals surface area contributed by atoms with Crippen LogP contribution in [0.5, 0.6) is 5.75 Å². The first-order valence-corrected chi connectivity index (χ1v) is 9.39. The third-order valence-corrected chi connectivity index (χ3v) is 4.30. The van der Waals surface area contributed by atoms with Crippen LogP contribution >= 0.6 is 0 Å². The van der Waals surface area contributed by atoms with Gasteiger partial charge in [-0.25, -0.2) is 9.97 Å². The number of hydrogen-bond donors (Lipinski definition) is 1. The van der Waals surface area contributed by atoms with Crippen LogP contribution in [0.1, 0.15) is 31.5 Å². The Hall–Kier alpha value is -3.21. The number of methoxy groups -OCH3 is 1. The molecule has 3 rings (SSSR count). The van der Waals surface area contributed by atoms with E-state index in [-0.39, 0.29) is 11.8 Å². The van der Waals surface area contributed by atoms with E-state index in [1.165, 1.54) is 0 Å². The van der Waals surface area contributed by atoms with E-state index < -0.39 is 0 Å². The molecule has 2 aromatic carbocycles. The molecular formula is C23H25N3O2. The van der Waals surface area contributed by atoms with Gasteiger partial charge in [-0.1, -0.05) is 44.2 Å². The van der Waals surface area contributed by atoms with Gasteiger partial charge in [0.25, 0.3) is 0 Å². The van der Waals surface area contributed by atoms with Gasteiger partial charge < -0.3 is 10.1 Å². The van der Waals surface area contributed by atoms with Crippen molar-refractivity contribution in [3.63, 3.8) is 0 Å². The Morgan fingerprint density at radius 2 is 1.79 bits per heavy atom. The third kappa shape index (κ3) is 5.16. The normalized spacial score (nSPS) is 10.7. The minimum Gasteiger partial charge on any atom is -0.497 e. The van der Waals surface area contributed by atoms with E-state index in [1.807, 2.05) is 68.4 Å². The Balaban J connectivity index is 1.93. The molecule has 1 heterocycles. The Morgan fingerprint density at radius 1 is 1.07 bits per heavy atom. The van der Waals surface area contributed by atoms with Crippen molar-refractivity contribution < 1.29 is 9.53 Å². The molecule has 144 valence electrons. The van der Waals surface area contributed by atoms with Crippen LogP contribution in [0.3, 0.4) is 0 Å². The van der Waals surface area contributed by atoms with Crippen LogP contribution < -0.4 is 10.1 Å². The van der Waals surface area contributed by atoms with Gasteiger partial charge in [-0.3, -0.25) is 4.79 Å². The molecule has 0 radical (unpaired) electrons. The lowest BCUT2D eigenvalue weighted by Gasteiger charge is -2.12. The van der Waals surface area contributed by atoms with Crippen molar-refractivity contribution >= 4 is 11.7 Å². The maximum Gasteiger partial charge on any atom is 0.225 e. The van der Waals surface area contributed by atoms with E-state index >= 15 is 0 Å². The number of carbonyl (C=O) groups is 1. The molecule has 0 fully saturated rings. The first-order chi connectivity index (χ1) is 13.5. The number of rotatable bonds is 7. The molecule has 0 spiro atoms. The second-order valence-corrected chi connectivity index (χ2v) is 7.09. The zero-order chi connectivity index (χ0) is 19.9. The predicted octanol–water partition coefficient (Wildman–Crippen LogP) is 4.73. The van der Waals surface area contributed by atoms with E-state index in [2.05, 4.69) is 10.3 Å². The number of anilines is 1. The molecule has 0 atom stereocenters. The molecule has 1 aromatic heterocycles. The zero-order valence-electron chi connectivity index (χ0n) is 16.5. The second-order valence-electron chi connectivity index (χ2n) is 7.09. The molecule has 0 unspecified atom stereocenters. The fraction of sp³-hybridized carbons (Fsp3) is 0.261. The van der Waals surface area contributed by atoms with Crippen LogP contribution in [0.25, 0.3) is 11.3 Å². The lowest BCUT2D eigenvalue weighted by molar-refractivity contribution is -0.116. The number of nitrogens with zero attached hydrogens (tertiary/aromatic N) is 2. The molecule has 0 saturated heterocycles. The molecular weight excluding hydrogens is 350 g/mol. The molecule has 0 aliphatic carbocycles. The molecule has 0 saturated carbocycles. The fourth-order valence-corrected chi connectivity index (χ4v) is 2.90. The molecule has 1 amide bonds. The quantitative estimate of drug-likeness (QED) is 0.648. The summed E-state index contributed by atoms with van der Waals surface area (Å²) >= 11 is 0. The second kappa shape index (κ2) is 9.13. The number of ether oxygens (including phenoxy) is 1. The lowest BCUT2D eigenvalue weighted by Crippen LogP contribution is -2.17. The summed E-state index contributed by atoms with van der Waals surface area (Å²) in [5.74, 6) is 1.55. The van der Waals surface area contributed by atoms with Crippen molar-refractivity contribution in [3.8, 4) is 17.0 Å². The molecule has 0 bridgehead atoms. The van der Waals surface area contributed by atoms with Gasteiger partial charge in [-0.2, -0.15) is 0 Å². The highest BCUT2D eigenvalue weighted by Gasteiger charge is 2.14. The number of aromatic nitrogens is 2. The first kappa shape index (κ1) is 19.5. The minimum atomic E-state index is -0.0455. The van der Waals surface area contributed by atoms with Crippen molar-refractivity contribution in [2.75, 3.05) is 12.4 Å². The van der Waals surface area contributed by atoms with Crippen LogP contribution in [-0.4, -0.2) is 23.0 Å². The molecule has 5 nitrogen and oxygen atoms in total. The highest BCUT2D eigenvalue weighted by molar-refractivity contribution is 5.90. The Kier molecular flexibility index (Phi) is 6.37. The standard InChI is InChI=1S/C23H25N3O2/c1-16(2)13-22(27)26-23-20(14-17-7-5-4-6-8-17)25-21(15-24-23)18-9-11-19(28-3)12-10-18/h4-12,15-16H,13-14H2,1-3H3,(H,24,26,27). The minimum absolute atomic E-state index is 0.0455. The predicted molar refractivity (Wildman–Crippen MR) is 111 cm³/mol. The molecule has 0 aliphatic heterocycles. The van der Waals surface area contributed by atoms with Crippen molar-refractivity contribution in [1.29, 1.82) is 0 Å². The monoisotopic (exact) mass is 375 g/mol. The van der Waals surface area contributed by atoms with Crippen molar-refractivity contribution in [1.82, 2.24) is 9.97 Å². The lowest BCUT2D eigenvalue weighted by atomic mass is 10.1. The number of benzene rings is 2. The Bertz CT molecular complexity index is 922. The van der Waals surface area contributed by atoms with Crippen molar-refractivity contribution in [2.24, 2.45) is 5.92 Å². The van der Waals surface area contributed by atoms with E-state index in [9.17, 15) is 4.79 Å². The van der Waals surface area contributed by atoms with Crippen LogP contribution in [0.15, 0.2) is 60.8 Å². The summed E-state index contributed by atoms with van der Waals surface area (Å²) in [7, 11) is 1.64. The van der Waals surface area contributed by atoms with Gasteiger partial charge in [-0.05, 0) is 35.7 Å². The number of amides is 1. The summed E-state index contributed by atoms with van der Waals surface area (Å²) in [5.41, 5.74) is 3.57. The summed E-state index contributed by atoms with van der Waals surface area (Å²) in [5, 5.41) is 2.93. The third-order valence-electron chi connectivity index (χ3n) is 4.30. The van der Waals surface area contributed by atoms with E-state index in [0.29, 0.717) is 18.7 Å². The Labute approximate surface area is 165 Å². The number of hydrogen-bond acceptors (Lipinski definition) is 4. The molecule has 1 N–H and O–H groups in total. The number of carbonyl (C=O) groups excluding carboxylic acids is 1. The van der Waals surface area contributed by atoms with Crippen LogP contribution in [0.2, 0.25) is 0 Å². The van der Waals surface area contributed by atoms with Gasteiger partial charge in [0.05, 0.1) is 24.7 Å². The topological polar surface area (TPSA) is 64.1 Å². The summed E-state index contributed by atoms with van der Waals surface area (Å²) < 4.78 is 5.22. The van der Waals surface area contributed by atoms with Crippen LogP contribution in [-0.2, 0) is 11.2 Å². The van der Waals surface area contributed by atoms with E-state index in [0.717, 1.165) is 28.3 Å². The highest BCUT2D eigenvalue weighted by Crippen LogP contribution is 2.24. The van der Waals surface area contributed by atoms with Crippen LogP contribution in [0, 0.1) is 5.92 Å². The van der Waals surface area contributed by atoms with Crippen molar-refractivity contribution in [2.45, 2.75) is 26.7 Å². The highest BCUT2D eigenvalue weighted by atomic mass is 16.5. The summed E-state index contributed by atoms with van der Waals surface area (Å²) in [6.45, 7) is 4.03. The van der Waals surface area contributed by atoms with Gasteiger partial charge in [0.15, 0.2) is 5.82 Å². The van der Waals surface area contributed by atoms with Crippen LogP contribution in [0.4, 0.5) is 5.82 Å². The fourth-order valence-electron chi connectivity index (χ4n) is 2.90. The maximum atomic E-state index is 12.3. The molecule has 0 aliphatic rings. The smallest absolute Gasteiger partial charge is 0.225 e. The van der Waals surface area contributed by atoms with Gasteiger partial charge in [-0.15, -0.1) is 0 Å². The largest absolute Gasteiger partial charge is 0.497 e. The summed E-state index contributed by atoms with van der Waals surface area (Å²) in [6.07, 6.45) is 2.74. The van der Waals surface area contributed by atoms with Crippen molar-refractivity contribution in [3.05, 3.63) is 72.1 Å².